The molecule has 4 aromatic heterocycles. The lowest BCUT2D eigenvalue weighted by molar-refractivity contribution is -0.136. The first-order chi connectivity index (χ1) is 23.9. The van der Waals surface area contributed by atoms with Crippen LogP contribution in [0.4, 0.5) is 8.78 Å². The van der Waals surface area contributed by atoms with Crippen LogP contribution in [0.3, 0.4) is 0 Å². The third kappa shape index (κ3) is 7.46. The number of nitrogens with zero attached hydrogens (tertiary/aromatic N) is 3. The summed E-state index contributed by atoms with van der Waals surface area (Å²) in [5, 5.41) is 54.1. The molecule has 17 heteroatoms. The van der Waals surface area contributed by atoms with E-state index in [1.807, 2.05) is 6.07 Å². The number of thiophene rings is 2. The van der Waals surface area contributed by atoms with Crippen molar-refractivity contribution < 1.29 is 48.4 Å². The van der Waals surface area contributed by atoms with Gasteiger partial charge in [0.25, 0.3) is 11.8 Å². The molecule has 6 aromatic rings. The number of halogens is 2. The van der Waals surface area contributed by atoms with E-state index in [0.717, 1.165) is 21.8 Å². The zero-order valence-electron chi connectivity index (χ0n) is 25.1. The van der Waals surface area contributed by atoms with E-state index < -0.39 is 54.1 Å². The number of carboxylic acids is 2. The number of aliphatic carboxylic acids is 2. The molecule has 0 bridgehead atoms. The maximum atomic E-state index is 13.1. The summed E-state index contributed by atoms with van der Waals surface area (Å²) in [4.78, 5) is 53.6. The van der Waals surface area contributed by atoms with Crippen molar-refractivity contribution in [1.29, 1.82) is 5.26 Å². The lowest BCUT2D eigenvalue weighted by Gasteiger charge is -2.07. The monoisotopic (exact) mass is 717 g/mol. The summed E-state index contributed by atoms with van der Waals surface area (Å²) in [7, 11) is 0. The molecule has 0 aliphatic heterocycles. The highest BCUT2D eigenvalue weighted by atomic mass is 32.1. The van der Waals surface area contributed by atoms with Crippen molar-refractivity contribution in [2.75, 3.05) is 13.1 Å². The first-order valence-corrected chi connectivity index (χ1v) is 15.7. The maximum absolute atomic E-state index is 13.1. The van der Waals surface area contributed by atoms with Gasteiger partial charge in [0, 0.05) is 32.8 Å². The molecule has 0 atom stereocenters. The number of hydrogen-bond donors (Lipinski definition) is 6. The number of carboxylic acid groups (broad SMARTS) is 2. The van der Waals surface area contributed by atoms with Crippen LogP contribution in [0.25, 0.3) is 41.7 Å². The third-order valence-electron chi connectivity index (χ3n) is 6.84. The van der Waals surface area contributed by atoms with Crippen LogP contribution < -0.4 is 10.6 Å². The fraction of sp³-hybridized carbons (Fsp3) is 0.0606. The number of carbonyl (C=O) groups is 4. The van der Waals surface area contributed by atoms with E-state index in [0.29, 0.717) is 26.6 Å². The molecule has 50 heavy (non-hydrogen) atoms. The molecule has 0 saturated carbocycles. The Morgan fingerprint density at radius 3 is 1.90 bits per heavy atom. The van der Waals surface area contributed by atoms with Gasteiger partial charge in [0.1, 0.15) is 30.8 Å². The Hall–Kier alpha value is -6.51. The molecule has 0 saturated heterocycles. The van der Waals surface area contributed by atoms with Crippen LogP contribution in [0, 0.1) is 23.0 Å². The summed E-state index contributed by atoms with van der Waals surface area (Å²) in [6.07, 6.45) is 1.42. The van der Waals surface area contributed by atoms with Crippen molar-refractivity contribution in [2.45, 2.75) is 0 Å². The van der Waals surface area contributed by atoms with Gasteiger partial charge < -0.3 is 31.1 Å². The Balaban J connectivity index is 0.000000195. The van der Waals surface area contributed by atoms with Crippen LogP contribution >= 0.6 is 22.7 Å². The van der Waals surface area contributed by atoms with E-state index in [4.69, 9.17) is 10.2 Å². The van der Waals surface area contributed by atoms with Gasteiger partial charge in [0.15, 0.2) is 28.6 Å². The Bertz CT molecular complexity index is 2340. The number of nitriles is 1. The molecule has 2 amide bonds. The highest BCUT2D eigenvalue weighted by molar-refractivity contribution is 7.22. The molecular formula is C33H21F2N5O8S2. The molecule has 252 valence electrons. The summed E-state index contributed by atoms with van der Waals surface area (Å²) in [5.41, 5.74) is 1.20. The first-order valence-electron chi connectivity index (χ1n) is 14.1. The van der Waals surface area contributed by atoms with E-state index in [2.05, 4.69) is 20.6 Å². The van der Waals surface area contributed by atoms with Crippen molar-refractivity contribution >= 4 is 66.6 Å². The number of pyridine rings is 2. The van der Waals surface area contributed by atoms with E-state index in [9.17, 15) is 43.4 Å². The molecule has 4 heterocycles. The number of carbonyl (C=O) groups excluding carboxylic acids is 2. The zero-order valence-corrected chi connectivity index (χ0v) is 26.7. The summed E-state index contributed by atoms with van der Waals surface area (Å²) in [5.74, 6) is -5.63. The van der Waals surface area contributed by atoms with Crippen LogP contribution in [-0.2, 0) is 9.59 Å². The average Bonchev–Trinajstić information content (AvgIpc) is 3.74. The predicted molar refractivity (Wildman–Crippen MR) is 178 cm³/mol. The van der Waals surface area contributed by atoms with Gasteiger partial charge in [-0.3, -0.25) is 19.2 Å². The van der Waals surface area contributed by atoms with Gasteiger partial charge in [0.05, 0.1) is 9.40 Å². The van der Waals surface area contributed by atoms with Gasteiger partial charge in [-0.25, -0.2) is 18.7 Å². The summed E-state index contributed by atoms with van der Waals surface area (Å²) in [6, 6.07) is 15.2. The Morgan fingerprint density at radius 2 is 1.34 bits per heavy atom. The van der Waals surface area contributed by atoms with Gasteiger partial charge in [-0.2, -0.15) is 5.26 Å². The SMILES string of the molecule is N#Cc1nc(C(=O)NCC(=O)O)c(O)c2scc(-c3ccc(F)cc3)c12.O=C(O)CNC(=O)c1ncc2cc(-c3ccc(F)cc3)sc2c1O. The van der Waals surface area contributed by atoms with Crippen LogP contribution in [0.15, 0.2) is 66.2 Å². The van der Waals surface area contributed by atoms with Crippen LogP contribution in [0.2, 0.25) is 0 Å². The zero-order chi connectivity index (χ0) is 36.1. The minimum absolute atomic E-state index is 0.0983. The second-order valence-corrected chi connectivity index (χ2v) is 12.1. The predicted octanol–water partition coefficient (Wildman–Crippen LogP) is 5.12. The summed E-state index contributed by atoms with van der Waals surface area (Å²) >= 11 is 2.32. The van der Waals surface area contributed by atoms with Crippen molar-refractivity contribution in [3.63, 3.8) is 0 Å². The number of amides is 2. The quantitative estimate of drug-likeness (QED) is 0.121. The number of nitrogens with one attached hydrogen (secondary N) is 2. The smallest absolute Gasteiger partial charge is 0.322 e. The standard InChI is InChI=1S/C17H10FN3O4S.C16H11FN2O4S/c18-9-3-1-8(2-4-9)10-7-26-16-13(10)11(5-19)21-14(15(16)24)17(25)20-6-12(22)23;17-10-3-1-8(2-4-10)11-5-9-6-18-13(14(22)15(9)24-11)16(23)19-7-12(20)21/h1-4,7,24H,6H2,(H,20,25)(H,22,23);1-6,22H,7H2,(H,19,23)(H,20,21). The molecule has 0 aliphatic carbocycles. The fourth-order valence-corrected chi connectivity index (χ4v) is 6.67. The second kappa shape index (κ2) is 14.7. The molecule has 0 radical (unpaired) electrons. The third-order valence-corrected chi connectivity index (χ3v) is 9.04. The van der Waals surface area contributed by atoms with Crippen molar-refractivity contribution in [3.05, 3.63) is 94.9 Å². The highest BCUT2D eigenvalue weighted by Crippen LogP contribution is 2.42. The summed E-state index contributed by atoms with van der Waals surface area (Å²) < 4.78 is 26.9. The number of hydrogen-bond acceptors (Lipinski definition) is 11. The number of aromatic nitrogens is 2. The van der Waals surface area contributed by atoms with Crippen molar-refractivity contribution in [3.8, 4) is 39.1 Å². The number of fused-ring (bicyclic) bond motifs is 2. The average molecular weight is 718 g/mol. The molecule has 6 N–H and O–H groups in total. The highest BCUT2D eigenvalue weighted by Gasteiger charge is 2.23. The van der Waals surface area contributed by atoms with Crippen molar-refractivity contribution in [2.24, 2.45) is 0 Å². The van der Waals surface area contributed by atoms with Gasteiger partial charge in [-0.1, -0.05) is 24.3 Å². The van der Waals surface area contributed by atoms with E-state index in [-0.39, 0.29) is 27.7 Å². The van der Waals surface area contributed by atoms with Gasteiger partial charge in [0.2, 0.25) is 0 Å². The van der Waals surface area contributed by atoms with Gasteiger partial charge in [-0.05, 0) is 41.5 Å². The lowest BCUT2D eigenvalue weighted by Crippen LogP contribution is -2.30. The van der Waals surface area contributed by atoms with Gasteiger partial charge in [-0.15, -0.1) is 22.7 Å². The lowest BCUT2D eigenvalue weighted by atomic mass is 10.0. The van der Waals surface area contributed by atoms with E-state index in [1.54, 1.807) is 23.6 Å². The number of rotatable bonds is 8. The Morgan fingerprint density at radius 1 is 0.800 bits per heavy atom. The molecule has 0 fully saturated rings. The second-order valence-electron chi connectivity index (χ2n) is 10.1. The minimum atomic E-state index is -1.26. The molecule has 6 rings (SSSR count). The van der Waals surface area contributed by atoms with Crippen molar-refractivity contribution in [1.82, 2.24) is 20.6 Å². The summed E-state index contributed by atoms with van der Waals surface area (Å²) in [6.45, 7) is -1.21. The molecule has 2 aromatic carbocycles. The van der Waals surface area contributed by atoms with Crippen LogP contribution in [0.1, 0.15) is 26.7 Å². The number of aromatic hydroxyl groups is 2. The molecule has 0 aliphatic rings. The molecule has 13 nitrogen and oxygen atoms in total. The van der Waals surface area contributed by atoms with Crippen LogP contribution in [0.5, 0.6) is 11.5 Å². The number of benzene rings is 2. The van der Waals surface area contributed by atoms with E-state index in [1.165, 1.54) is 53.9 Å². The minimum Gasteiger partial charge on any atom is -0.504 e. The first kappa shape index (κ1) is 34.8. The molecular weight excluding hydrogens is 697 g/mol. The normalized spacial score (nSPS) is 10.6. The fourth-order valence-electron chi connectivity index (χ4n) is 4.57. The van der Waals surface area contributed by atoms with Crippen LogP contribution in [-0.4, -0.2) is 67.2 Å². The topological polar surface area (TPSA) is 223 Å². The van der Waals surface area contributed by atoms with E-state index >= 15 is 0 Å². The molecule has 0 unspecified atom stereocenters. The maximum Gasteiger partial charge on any atom is 0.322 e. The largest absolute Gasteiger partial charge is 0.504 e. The molecule has 0 spiro atoms. The Labute approximate surface area is 287 Å². The Kier molecular flexibility index (Phi) is 10.2. The van der Waals surface area contributed by atoms with Gasteiger partial charge >= 0.3 is 11.9 Å².